The van der Waals surface area contributed by atoms with Crippen LogP contribution in [0.3, 0.4) is 0 Å². The fourth-order valence-corrected chi connectivity index (χ4v) is 3.01. The second kappa shape index (κ2) is 6.04. The number of rotatable bonds is 3. The van der Waals surface area contributed by atoms with Crippen LogP contribution in [0.2, 0.25) is 0 Å². The largest absolute Gasteiger partial charge is 0.444 e. The van der Waals surface area contributed by atoms with Crippen LogP contribution in [0.5, 0.6) is 0 Å². The molecule has 0 aromatic heterocycles. The van der Waals surface area contributed by atoms with E-state index in [4.69, 9.17) is 4.74 Å². The molecule has 1 aliphatic heterocycles. The lowest BCUT2D eigenvalue weighted by atomic mass is 10.2. The van der Waals surface area contributed by atoms with Crippen molar-refractivity contribution in [2.75, 3.05) is 13.1 Å². The minimum Gasteiger partial charge on any atom is -0.444 e. The lowest BCUT2D eigenvalue weighted by Gasteiger charge is -2.39. The summed E-state index contributed by atoms with van der Waals surface area (Å²) in [5.41, 5.74) is 0.663. The lowest BCUT2D eigenvalue weighted by Crippen LogP contribution is -2.53. The molecule has 0 N–H and O–H groups in total. The molecule has 0 saturated carbocycles. The number of hydrogen-bond acceptors (Lipinski definition) is 3. The van der Waals surface area contributed by atoms with Crippen molar-refractivity contribution < 1.29 is 13.9 Å². The van der Waals surface area contributed by atoms with Crippen LogP contribution in [-0.2, 0) is 10.5 Å². The van der Waals surface area contributed by atoms with E-state index in [1.165, 1.54) is 12.1 Å². The smallest absolute Gasteiger partial charge is 0.410 e. The summed E-state index contributed by atoms with van der Waals surface area (Å²) in [5, 5.41) is 0.438. The van der Waals surface area contributed by atoms with Crippen LogP contribution in [-0.4, -0.2) is 34.9 Å². The first kappa shape index (κ1) is 15.2. The zero-order valence-electron chi connectivity index (χ0n) is 12.1. The molecule has 20 heavy (non-hydrogen) atoms. The molecule has 0 radical (unpaired) electrons. The van der Waals surface area contributed by atoms with Gasteiger partial charge in [0.15, 0.2) is 0 Å². The second-order valence-corrected chi connectivity index (χ2v) is 7.23. The number of likely N-dealkylation sites (tertiary alicyclic amines) is 1. The number of thioether (sulfide) groups is 1. The molecule has 110 valence electrons. The number of hydrogen-bond donors (Lipinski definition) is 0. The molecule has 0 spiro atoms. The Balaban J connectivity index is 1.69. The SMILES string of the molecule is CC(C)(C)OC(=O)N1CC(SCc2ccc(F)cc2)C1. The van der Waals surface area contributed by atoms with Crippen molar-refractivity contribution in [2.24, 2.45) is 0 Å². The van der Waals surface area contributed by atoms with Gasteiger partial charge in [-0.25, -0.2) is 9.18 Å². The highest BCUT2D eigenvalue weighted by Crippen LogP contribution is 2.27. The maximum atomic E-state index is 12.8. The van der Waals surface area contributed by atoms with Crippen LogP contribution < -0.4 is 0 Å². The molecule has 1 aromatic rings. The zero-order valence-corrected chi connectivity index (χ0v) is 12.9. The summed E-state index contributed by atoms with van der Waals surface area (Å²) < 4.78 is 18.1. The number of halogens is 1. The van der Waals surface area contributed by atoms with Crippen molar-refractivity contribution in [3.63, 3.8) is 0 Å². The molecule has 1 saturated heterocycles. The zero-order chi connectivity index (χ0) is 14.8. The van der Waals surface area contributed by atoms with Gasteiger partial charge in [-0.1, -0.05) is 12.1 Å². The van der Waals surface area contributed by atoms with Crippen molar-refractivity contribution in [1.82, 2.24) is 4.90 Å². The van der Waals surface area contributed by atoms with Gasteiger partial charge in [-0.3, -0.25) is 0 Å². The third-order valence-electron chi connectivity index (χ3n) is 2.90. The fourth-order valence-electron chi connectivity index (χ4n) is 1.81. The summed E-state index contributed by atoms with van der Waals surface area (Å²) in [5.74, 6) is 0.631. The Hall–Kier alpha value is -1.23. The topological polar surface area (TPSA) is 29.5 Å². The highest BCUT2D eigenvalue weighted by molar-refractivity contribution is 7.99. The summed E-state index contributed by atoms with van der Waals surface area (Å²) in [7, 11) is 0. The minimum absolute atomic E-state index is 0.210. The van der Waals surface area contributed by atoms with E-state index in [2.05, 4.69) is 0 Å². The standard InChI is InChI=1S/C15H20FNO2S/c1-15(2,3)19-14(18)17-8-13(9-17)20-10-11-4-6-12(16)7-5-11/h4-7,13H,8-10H2,1-3H3. The van der Waals surface area contributed by atoms with Crippen molar-refractivity contribution in [3.05, 3.63) is 35.6 Å². The van der Waals surface area contributed by atoms with Crippen molar-refractivity contribution in [1.29, 1.82) is 0 Å². The predicted molar refractivity (Wildman–Crippen MR) is 79.3 cm³/mol. The number of amides is 1. The Morgan fingerprint density at radius 3 is 2.50 bits per heavy atom. The van der Waals surface area contributed by atoms with Crippen molar-refractivity contribution in [2.45, 2.75) is 37.4 Å². The van der Waals surface area contributed by atoms with Gasteiger partial charge < -0.3 is 9.64 Å². The third-order valence-corrected chi connectivity index (χ3v) is 4.17. The molecule has 3 nitrogen and oxygen atoms in total. The molecule has 1 fully saturated rings. The molecule has 0 atom stereocenters. The average Bonchev–Trinajstić information content (AvgIpc) is 2.27. The minimum atomic E-state index is -0.441. The Bertz CT molecular complexity index is 464. The highest BCUT2D eigenvalue weighted by Gasteiger charge is 2.33. The van der Waals surface area contributed by atoms with Gasteiger partial charge in [0.25, 0.3) is 0 Å². The fraction of sp³-hybridized carbons (Fsp3) is 0.533. The predicted octanol–water partition coefficient (Wildman–Crippen LogP) is 3.68. The van der Waals surface area contributed by atoms with E-state index in [0.29, 0.717) is 5.25 Å². The van der Waals surface area contributed by atoms with E-state index in [1.54, 1.807) is 28.8 Å². The molecule has 1 amide bonds. The molecule has 1 aliphatic rings. The molecule has 1 aromatic carbocycles. The summed E-state index contributed by atoms with van der Waals surface area (Å²) in [6.45, 7) is 7.05. The Morgan fingerprint density at radius 1 is 1.35 bits per heavy atom. The van der Waals surface area contributed by atoms with E-state index in [1.807, 2.05) is 20.8 Å². The monoisotopic (exact) mass is 297 g/mol. The molecule has 5 heteroatoms. The van der Waals surface area contributed by atoms with Crippen molar-refractivity contribution in [3.8, 4) is 0 Å². The number of carbonyl (C=O) groups excluding carboxylic acids is 1. The Morgan fingerprint density at radius 2 is 1.95 bits per heavy atom. The summed E-state index contributed by atoms with van der Waals surface area (Å²) in [4.78, 5) is 13.5. The maximum absolute atomic E-state index is 12.8. The van der Waals surface area contributed by atoms with Crippen LogP contribution in [0, 0.1) is 5.82 Å². The molecule has 0 aliphatic carbocycles. The van der Waals surface area contributed by atoms with Crippen LogP contribution in [0.4, 0.5) is 9.18 Å². The molecule has 0 bridgehead atoms. The molecule has 0 unspecified atom stereocenters. The maximum Gasteiger partial charge on any atom is 0.410 e. The van der Waals surface area contributed by atoms with Crippen molar-refractivity contribution >= 4 is 17.9 Å². The Labute approximate surface area is 123 Å². The van der Waals surface area contributed by atoms with E-state index >= 15 is 0 Å². The molecule has 1 heterocycles. The number of nitrogens with zero attached hydrogens (tertiary/aromatic N) is 1. The van der Waals surface area contributed by atoms with Crippen LogP contribution in [0.25, 0.3) is 0 Å². The summed E-state index contributed by atoms with van der Waals surface area (Å²) in [6, 6.07) is 6.55. The van der Waals surface area contributed by atoms with Crippen LogP contribution in [0.1, 0.15) is 26.3 Å². The van der Waals surface area contributed by atoms with Gasteiger partial charge in [0.1, 0.15) is 11.4 Å². The number of ether oxygens (including phenoxy) is 1. The van der Waals surface area contributed by atoms with Gasteiger partial charge >= 0.3 is 6.09 Å². The van der Waals surface area contributed by atoms with Crippen LogP contribution >= 0.6 is 11.8 Å². The molecular formula is C15H20FNO2S. The van der Waals surface area contributed by atoms with Crippen LogP contribution in [0.15, 0.2) is 24.3 Å². The highest BCUT2D eigenvalue weighted by atomic mass is 32.2. The van der Waals surface area contributed by atoms with E-state index in [9.17, 15) is 9.18 Å². The second-order valence-electron chi connectivity index (χ2n) is 5.94. The Kier molecular flexibility index (Phi) is 4.58. The lowest BCUT2D eigenvalue weighted by molar-refractivity contribution is 0.0144. The first-order valence-corrected chi connectivity index (χ1v) is 7.72. The van der Waals surface area contributed by atoms with E-state index in [-0.39, 0.29) is 11.9 Å². The summed E-state index contributed by atoms with van der Waals surface area (Å²) in [6.07, 6.45) is -0.240. The normalized spacial score (nSPS) is 15.9. The summed E-state index contributed by atoms with van der Waals surface area (Å²) >= 11 is 1.79. The molecular weight excluding hydrogens is 277 g/mol. The van der Waals surface area contributed by atoms with Gasteiger partial charge in [0.2, 0.25) is 0 Å². The van der Waals surface area contributed by atoms with E-state index in [0.717, 1.165) is 24.4 Å². The van der Waals surface area contributed by atoms with Gasteiger partial charge in [-0.2, -0.15) is 11.8 Å². The van der Waals surface area contributed by atoms with Gasteiger partial charge in [-0.15, -0.1) is 0 Å². The van der Waals surface area contributed by atoms with Gasteiger partial charge in [0.05, 0.1) is 0 Å². The molecule has 2 rings (SSSR count). The first-order valence-electron chi connectivity index (χ1n) is 6.67. The average molecular weight is 297 g/mol. The third kappa shape index (κ3) is 4.40. The van der Waals surface area contributed by atoms with Gasteiger partial charge in [-0.05, 0) is 38.5 Å². The number of benzene rings is 1. The van der Waals surface area contributed by atoms with Gasteiger partial charge in [0, 0.05) is 24.1 Å². The number of carbonyl (C=O) groups is 1. The van der Waals surface area contributed by atoms with E-state index < -0.39 is 5.60 Å². The quantitative estimate of drug-likeness (QED) is 0.852. The first-order chi connectivity index (χ1) is 9.33.